The van der Waals surface area contributed by atoms with Gasteiger partial charge < -0.3 is 9.64 Å². The number of nitrogens with zero attached hydrogens (tertiary/aromatic N) is 5. The second kappa shape index (κ2) is 6.60. The molecule has 3 heterocycles. The van der Waals surface area contributed by atoms with E-state index in [0.29, 0.717) is 32.0 Å². The van der Waals surface area contributed by atoms with Crippen molar-refractivity contribution in [2.24, 2.45) is 7.05 Å². The quantitative estimate of drug-likeness (QED) is 0.723. The summed E-state index contributed by atoms with van der Waals surface area (Å²) in [6.07, 6.45) is 4.07. The maximum Gasteiger partial charge on any atom is 0.228 e. The number of rotatable bonds is 3. The molecule has 0 aliphatic carbocycles. The van der Waals surface area contributed by atoms with Crippen LogP contribution >= 0.6 is 0 Å². The number of amides is 1. The minimum absolute atomic E-state index is 0.0698. The van der Waals surface area contributed by atoms with Crippen molar-refractivity contribution in [1.29, 1.82) is 0 Å². The number of benzene rings is 1. The Morgan fingerprint density at radius 2 is 2.00 bits per heavy atom. The van der Waals surface area contributed by atoms with Gasteiger partial charge in [-0.15, -0.1) is 0 Å². The Hall–Kier alpha value is -2.80. The zero-order chi connectivity index (χ0) is 17.2. The predicted octanol–water partition coefficient (Wildman–Crippen LogP) is 1.43. The van der Waals surface area contributed by atoms with Crippen molar-refractivity contribution in [2.45, 2.75) is 6.42 Å². The Kier molecular flexibility index (Phi) is 4.15. The zero-order valence-corrected chi connectivity index (χ0v) is 14.1. The first-order valence-corrected chi connectivity index (χ1v) is 8.30. The maximum atomic E-state index is 12.4. The Balaban J connectivity index is 1.59. The van der Waals surface area contributed by atoms with Crippen LogP contribution in [0.4, 0.5) is 0 Å². The van der Waals surface area contributed by atoms with Gasteiger partial charge in [-0.3, -0.25) is 9.48 Å². The summed E-state index contributed by atoms with van der Waals surface area (Å²) in [5.41, 5.74) is 3.62. The van der Waals surface area contributed by atoms with Crippen molar-refractivity contribution >= 4 is 16.8 Å². The first kappa shape index (κ1) is 15.7. The summed E-state index contributed by atoms with van der Waals surface area (Å²) in [6, 6.07) is 7.95. The molecule has 7 heteroatoms. The Labute approximate surface area is 145 Å². The molecule has 0 atom stereocenters. The maximum absolute atomic E-state index is 12.4. The molecule has 1 aromatic carbocycles. The molecule has 0 N–H and O–H groups in total. The lowest BCUT2D eigenvalue weighted by Crippen LogP contribution is -2.41. The Bertz CT molecular complexity index is 915. The van der Waals surface area contributed by atoms with Crippen LogP contribution in [0.3, 0.4) is 0 Å². The topological polar surface area (TPSA) is 73.1 Å². The number of ether oxygens (including phenoxy) is 1. The molecule has 3 aromatic rings. The third kappa shape index (κ3) is 3.36. The summed E-state index contributed by atoms with van der Waals surface area (Å²) in [5.74, 6) is 0.0698. The van der Waals surface area contributed by atoms with E-state index in [-0.39, 0.29) is 12.3 Å². The minimum atomic E-state index is 0.0698. The zero-order valence-electron chi connectivity index (χ0n) is 14.1. The fourth-order valence-corrected chi connectivity index (χ4v) is 3.00. The van der Waals surface area contributed by atoms with E-state index >= 15 is 0 Å². The van der Waals surface area contributed by atoms with Crippen LogP contribution in [0.2, 0.25) is 0 Å². The summed E-state index contributed by atoms with van der Waals surface area (Å²) >= 11 is 0. The first-order valence-electron chi connectivity index (χ1n) is 8.30. The summed E-state index contributed by atoms with van der Waals surface area (Å²) < 4.78 is 7.06. The molecule has 1 fully saturated rings. The predicted molar refractivity (Wildman–Crippen MR) is 92.8 cm³/mol. The molecule has 25 heavy (non-hydrogen) atoms. The number of fused-ring (bicyclic) bond motifs is 1. The summed E-state index contributed by atoms with van der Waals surface area (Å²) in [7, 11) is 1.89. The lowest BCUT2D eigenvalue weighted by Gasteiger charge is -2.26. The number of carbonyl (C=O) groups excluding carboxylic acids is 1. The van der Waals surface area contributed by atoms with Gasteiger partial charge in [0.05, 0.1) is 37.0 Å². The van der Waals surface area contributed by atoms with E-state index in [4.69, 9.17) is 4.74 Å². The van der Waals surface area contributed by atoms with Crippen LogP contribution in [0.25, 0.3) is 22.0 Å². The van der Waals surface area contributed by atoms with E-state index in [1.54, 1.807) is 4.68 Å². The van der Waals surface area contributed by atoms with Gasteiger partial charge in [0.1, 0.15) is 0 Å². The third-order valence-electron chi connectivity index (χ3n) is 4.37. The molecule has 128 valence electrons. The molecule has 0 radical (unpaired) electrons. The first-order chi connectivity index (χ1) is 12.2. The molecule has 0 bridgehead atoms. The van der Waals surface area contributed by atoms with Gasteiger partial charge in [-0.2, -0.15) is 15.3 Å². The molecule has 1 aliphatic rings. The smallest absolute Gasteiger partial charge is 0.228 e. The van der Waals surface area contributed by atoms with E-state index in [1.165, 1.54) is 0 Å². The van der Waals surface area contributed by atoms with Gasteiger partial charge in [-0.25, -0.2) is 0 Å². The molecule has 1 aliphatic heterocycles. The van der Waals surface area contributed by atoms with Crippen LogP contribution in [0.15, 0.2) is 36.7 Å². The fraction of sp³-hybridized carbons (Fsp3) is 0.333. The molecule has 1 amide bonds. The number of aryl methyl sites for hydroxylation is 1. The number of aromatic nitrogens is 4. The highest BCUT2D eigenvalue weighted by molar-refractivity contribution is 5.85. The molecule has 0 saturated carbocycles. The average molecular weight is 337 g/mol. The lowest BCUT2D eigenvalue weighted by atomic mass is 10.1. The van der Waals surface area contributed by atoms with Crippen molar-refractivity contribution in [3.63, 3.8) is 0 Å². The van der Waals surface area contributed by atoms with Crippen LogP contribution in [0.1, 0.15) is 5.69 Å². The monoisotopic (exact) mass is 337 g/mol. The summed E-state index contributed by atoms with van der Waals surface area (Å²) in [4.78, 5) is 14.2. The Morgan fingerprint density at radius 3 is 2.76 bits per heavy atom. The number of morpholine rings is 1. The molecule has 0 unspecified atom stereocenters. The van der Waals surface area contributed by atoms with Gasteiger partial charge in [0.15, 0.2) is 0 Å². The van der Waals surface area contributed by atoms with Gasteiger partial charge in [0.2, 0.25) is 5.91 Å². The van der Waals surface area contributed by atoms with E-state index in [0.717, 1.165) is 22.0 Å². The van der Waals surface area contributed by atoms with Gasteiger partial charge >= 0.3 is 0 Å². The van der Waals surface area contributed by atoms with Crippen molar-refractivity contribution in [2.75, 3.05) is 26.3 Å². The van der Waals surface area contributed by atoms with Crippen molar-refractivity contribution in [3.8, 4) is 11.1 Å². The van der Waals surface area contributed by atoms with Gasteiger partial charge in [0.25, 0.3) is 0 Å². The minimum Gasteiger partial charge on any atom is -0.378 e. The molecule has 2 aromatic heterocycles. The molecule has 1 saturated heterocycles. The van der Waals surface area contributed by atoms with Crippen molar-refractivity contribution in [3.05, 3.63) is 42.4 Å². The van der Waals surface area contributed by atoms with Crippen LogP contribution in [0, 0.1) is 0 Å². The van der Waals surface area contributed by atoms with E-state index in [9.17, 15) is 4.79 Å². The normalized spacial score (nSPS) is 14.8. The highest BCUT2D eigenvalue weighted by Gasteiger charge is 2.18. The molecular weight excluding hydrogens is 318 g/mol. The molecule has 4 rings (SSSR count). The van der Waals surface area contributed by atoms with Crippen LogP contribution in [-0.2, 0) is 23.0 Å². The van der Waals surface area contributed by atoms with Crippen LogP contribution in [-0.4, -0.2) is 57.1 Å². The van der Waals surface area contributed by atoms with Crippen LogP contribution < -0.4 is 0 Å². The average Bonchev–Trinajstić information content (AvgIpc) is 3.08. The Morgan fingerprint density at radius 1 is 1.16 bits per heavy atom. The van der Waals surface area contributed by atoms with E-state index in [1.807, 2.05) is 42.5 Å². The van der Waals surface area contributed by atoms with Crippen molar-refractivity contribution < 1.29 is 9.53 Å². The SMILES string of the molecule is Cn1cc(-c2ccc3nnc(CC(=O)N4CCOCC4)cc3c2)cn1. The molecular formula is C18H19N5O2. The fourth-order valence-electron chi connectivity index (χ4n) is 3.00. The van der Waals surface area contributed by atoms with Gasteiger partial charge in [0, 0.05) is 37.3 Å². The van der Waals surface area contributed by atoms with Crippen LogP contribution in [0.5, 0.6) is 0 Å². The second-order valence-electron chi connectivity index (χ2n) is 6.18. The summed E-state index contributed by atoms with van der Waals surface area (Å²) in [6.45, 7) is 2.49. The largest absolute Gasteiger partial charge is 0.378 e. The van der Waals surface area contributed by atoms with Gasteiger partial charge in [-0.1, -0.05) is 6.07 Å². The van der Waals surface area contributed by atoms with Gasteiger partial charge in [-0.05, 0) is 23.8 Å². The highest BCUT2D eigenvalue weighted by Crippen LogP contribution is 2.23. The van der Waals surface area contributed by atoms with E-state index in [2.05, 4.69) is 21.4 Å². The van der Waals surface area contributed by atoms with E-state index < -0.39 is 0 Å². The lowest BCUT2D eigenvalue weighted by molar-refractivity contribution is -0.134. The molecule has 0 spiro atoms. The number of carbonyl (C=O) groups is 1. The van der Waals surface area contributed by atoms with Crippen molar-refractivity contribution in [1.82, 2.24) is 24.9 Å². The summed E-state index contributed by atoms with van der Waals surface area (Å²) in [5, 5.41) is 13.6. The third-order valence-corrected chi connectivity index (χ3v) is 4.37. The second-order valence-corrected chi connectivity index (χ2v) is 6.18. The number of hydrogen-bond acceptors (Lipinski definition) is 5. The number of hydrogen-bond donors (Lipinski definition) is 0. The molecule has 7 nitrogen and oxygen atoms in total. The standard InChI is InChI=1S/C18H19N5O2/c1-22-12-15(11-19-22)13-2-3-17-14(8-13)9-16(20-21-17)10-18(24)23-4-6-25-7-5-23/h2-3,8-9,11-12H,4-7,10H2,1H3. The highest BCUT2D eigenvalue weighted by atomic mass is 16.5.